The number of fused-ring (bicyclic) bond motifs is 2. The first-order valence-corrected chi connectivity index (χ1v) is 13.8. The third-order valence-corrected chi connectivity index (χ3v) is 7.91. The highest BCUT2D eigenvalue weighted by Gasteiger charge is 2.32. The predicted octanol–water partition coefficient (Wildman–Crippen LogP) is 3.92. The van der Waals surface area contributed by atoms with Crippen molar-refractivity contribution in [3.8, 4) is 11.5 Å². The fraction of sp³-hybridized carbons (Fsp3) is 0.630. The Morgan fingerprint density at radius 3 is 2.65 bits per heavy atom. The fourth-order valence-corrected chi connectivity index (χ4v) is 6.05. The number of hydrogen-bond donors (Lipinski definition) is 1. The molecule has 37 heavy (non-hydrogen) atoms. The average Bonchev–Trinajstić information content (AvgIpc) is 3.69. The van der Waals surface area contributed by atoms with E-state index in [1.165, 1.54) is 12.8 Å². The number of pyridine rings is 1. The first-order valence-electron chi connectivity index (χ1n) is 13.8. The van der Waals surface area contributed by atoms with Gasteiger partial charge in [0.25, 0.3) is 5.56 Å². The highest BCUT2D eigenvalue weighted by molar-refractivity contribution is 5.83. The van der Waals surface area contributed by atoms with Gasteiger partial charge in [-0.05, 0) is 54.7 Å². The minimum Gasteiger partial charge on any atom is -0.486 e. The van der Waals surface area contributed by atoms with Gasteiger partial charge in [0.05, 0.1) is 23.7 Å². The Morgan fingerprint density at radius 2 is 1.89 bits per heavy atom. The van der Waals surface area contributed by atoms with Gasteiger partial charge < -0.3 is 19.2 Å². The molecule has 4 heterocycles. The number of rotatable bonds is 9. The van der Waals surface area contributed by atoms with Crippen molar-refractivity contribution in [3.63, 3.8) is 0 Å². The van der Waals surface area contributed by atoms with Gasteiger partial charge >= 0.3 is 0 Å². The first-order chi connectivity index (χ1) is 18.2. The van der Waals surface area contributed by atoms with Gasteiger partial charge in [0.15, 0.2) is 17.3 Å². The second-order valence-corrected chi connectivity index (χ2v) is 10.5. The van der Waals surface area contributed by atoms with E-state index < -0.39 is 0 Å². The van der Waals surface area contributed by atoms with E-state index in [0.29, 0.717) is 42.9 Å². The lowest BCUT2D eigenvalue weighted by molar-refractivity contribution is 0.0471. The lowest BCUT2D eigenvalue weighted by Crippen LogP contribution is -2.38. The Bertz CT molecular complexity index is 1280. The van der Waals surface area contributed by atoms with Gasteiger partial charge in [-0.2, -0.15) is 0 Å². The topological polar surface area (TPSA) is 107 Å². The number of nitrogens with one attached hydrogen (secondary N) is 1. The third kappa shape index (κ3) is 5.09. The normalized spacial score (nSPS) is 20.8. The van der Waals surface area contributed by atoms with Crippen molar-refractivity contribution in [2.75, 3.05) is 26.4 Å². The van der Waals surface area contributed by atoms with E-state index in [0.717, 1.165) is 68.4 Å². The molecule has 3 aromatic rings. The molecule has 10 nitrogen and oxygen atoms in total. The number of nitrogens with zero attached hydrogens (tertiary/aromatic N) is 5. The van der Waals surface area contributed by atoms with Crippen molar-refractivity contribution < 1.29 is 14.2 Å². The molecular weight excluding hydrogens is 472 g/mol. The van der Waals surface area contributed by atoms with E-state index in [2.05, 4.69) is 37.0 Å². The zero-order valence-electron chi connectivity index (χ0n) is 21.5. The van der Waals surface area contributed by atoms with Gasteiger partial charge in [-0.15, -0.1) is 5.10 Å². The summed E-state index contributed by atoms with van der Waals surface area (Å²) >= 11 is 0. The molecular formula is C27H36N6O4. The highest BCUT2D eigenvalue weighted by Crippen LogP contribution is 2.36. The second-order valence-electron chi connectivity index (χ2n) is 10.5. The summed E-state index contributed by atoms with van der Waals surface area (Å²) in [5.41, 5.74) is 1.37. The van der Waals surface area contributed by atoms with E-state index in [4.69, 9.17) is 14.2 Å². The predicted molar refractivity (Wildman–Crippen MR) is 138 cm³/mol. The van der Waals surface area contributed by atoms with Crippen LogP contribution in [0.5, 0.6) is 11.5 Å². The fourth-order valence-electron chi connectivity index (χ4n) is 6.05. The Labute approximate surface area is 216 Å². The number of tetrazole rings is 1. The molecule has 0 bridgehead atoms. The van der Waals surface area contributed by atoms with Crippen LogP contribution in [0.25, 0.3) is 10.9 Å². The molecule has 2 aliphatic heterocycles. The van der Waals surface area contributed by atoms with Gasteiger partial charge in [-0.1, -0.05) is 26.2 Å². The standard InChI is InChI=1S/C27H36N6O4/c1-2-6-23(26-29-30-31-33(26)20-7-3-4-8-20)32(17-21-9-5-10-35-21)16-19-13-18-14-24-25(37-12-11-36-24)15-22(18)28-27(19)34/h13-15,20-21,23H,2-12,16-17H2,1H3,(H,28,34)/t21-,23+/m1/s1. The van der Waals surface area contributed by atoms with Gasteiger partial charge in [-0.3, -0.25) is 9.69 Å². The van der Waals surface area contributed by atoms with Crippen LogP contribution in [0.4, 0.5) is 0 Å². The third-order valence-electron chi connectivity index (χ3n) is 7.91. The monoisotopic (exact) mass is 508 g/mol. The minimum atomic E-state index is -0.0906. The van der Waals surface area contributed by atoms with Crippen molar-refractivity contribution in [1.82, 2.24) is 30.1 Å². The summed E-state index contributed by atoms with van der Waals surface area (Å²) in [5, 5.41) is 14.0. The molecule has 0 amide bonds. The number of hydrogen-bond acceptors (Lipinski definition) is 8. The molecule has 1 aliphatic carbocycles. The molecule has 1 saturated heterocycles. The highest BCUT2D eigenvalue weighted by atomic mass is 16.6. The zero-order chi connectivity index (χ0) is 25.2. The number of aromatic nitrogens is 5. The molecule has 1 saturated carbocycles. The lowest BCUT2D eigenvalue weighted by atomic mass is 10.0. The number of aromatic amines is 1. The van der Waals surface area contributed by atoms with Crippen LogP contribution in [0.2, 0.25) is 0 Å². The first kappa shape index (κ1) is 24.4. The van der Waals surface area contributed by atoms with Crippen LogP contribution in [-0.2, 0) is 11.3 Å². The van der Waals surface area contributed by atoms with Crippen molar-refractivity contribution in [3.05, 3.63) is 39.9 Å². The molecule has 3 aliphatic rings. The maximum absolute atomic E-state index is 13.3. The van der Waals surface area contributed by atoms with Crippen molar-refractivity contribution in [2.45, 2.75) is 83.0 Å². The van der Waals surface area contributed by atoms with E-state index >= 15 is 0 Å². The number of H-pyrrole nitrogens is 1. The van der Waals surface area contributed by atoms with E-state index in [1.54, 1.807) is 0 Å². The molecule has 0 radical (unpaired) electrons. The van der Waals surface area contributed by atoms with Crippen LogP contribution in [0.1, 0.15) is 81.8 Å². The number of ether oxygens (including phenoxy) is 3. The SMILES string of the molecule is CCC[C@@H](c1nnnn1C1CCCC1)N(Cc1cc2cc3c(cc2[nH]c1=O)OCCO3)C[C@H]1CCCO1. The molecule has 10 heteroatoms. The van der Waals surface area contributed by atoms with Gasteiger partial charge in [0.1, 0.15) is 13.2 Å². The molecule has 0 spiro atoms. The van der Waals surface area contributed by atoms with Crippen LogP contribution in [0.15, 0.2) is 23.0 Å². The summed E-state index contributed by atoms with van der Waals surface area (Å²) in [4.78, 5) is 18.7. The Hall–Kier alpha value is -2.98. The van der Waals surface area contributed by atoms with Gasteiger partial charge in [-0.25, -0.2) is 4.68 Å². The largest absolute Gasteiger partial charge is 0.486 e. The quantitative estimate of drug-likeness (QED) is 0.463. The van der Waals surface area contributed by atoms with E-state index in [9.17, 15) is 4.79 Å². The average molecular weight is 509 g/mol. The van der Waals surface area contributed by atoms with Crippen LogP contribution >= 0.6 is 0 Å². The maximum atomic E-state index is 13.3. The number of benzene rings is 1. The van der Waals surface area contributed by atoms with Crippen molar-refractivity contribution in [2.24, 2.45) is 0 Å². The summed E-state index contributed by atoms with van der Waals surface area (Å²) in [6.45, 7) is 5.24. The zero-order valence-corrected chi connectivity index (χ0v) is 21.5. The molecule has 2 fully saturated rings. The molecule has 1 N–H and O–H groups in total. The van der Waals surface area contributed by atoms with Crippen molar-refractivity contribution >= 4 is 10.9 Å². The summed E-state index contributed by atoms with van der Waals surface area (Å²) in [6, 6.07) is 6.15. The Kier molecular flexibility index (Phi) is 7.10. The molecule has 2 atom stereocenters. The molecule has 0 unspecified atom stereocenters. The Balaban J connectivity index is 1.35. The maximum Gasteiger partial charge on any atom is 0.252 e. The summed E-state index contributed by atoms with van der Waals surface area (Å²) in [6.07, 6.45) is 8.80. The summed E-state index contributed by atoms with van der Waals surface area (Å²) in [7, 11) is 0. The molecule has 2 aromatic heterocycles. The molecule has 6 rings (SSSR count). The van der Waals surface area contributed by atoms with Crippen LogP contribution < -0.4 is 15.0 Å². The second kappa shape index (κ2) is 10.8. The molecule has 1 aromatic carbocycles. The lowest BCUT2D eigenvalue weighted by Gasteiger charge is -2.33. The van der Waals surface area contributed by atoms with Gasteiger partial charge in [0, 0.05) is 36.7 Å². The summed E-state index contributed by atoms with van der Waals surface area (Å²) < 4.78 is 19.6. The Morgan fingerprint density at radius 1 is 1.08 bits per heavy atom. The van der Waals surface area contributed by atoms with E-state index in [1.807, 2.05) is 18.2 Å². The molecule has 198 valence electrons. The van der Waals surface area contributed by atoms with Gasteiger partial charge in [0.2, 0.25) is 0 Å². The minimum absolute atomic E-state index is 0.000151. The van der Waals surface area contributed by atoms with E-state index in [-0.39, 0.29) is 17.7 Å². The van der Waals surface area contributed by atoms with Crippen LogP contribution in [0, 0.1) is 0 Å². The van der Waals surface area contributed by atoms with Crippen molar-refractivity contribution in [1.29, 1.82) is 0 Å². The van der Waals surface area contributed by atoms with Crippen LogP contribution in [-0.4, -0.2) is 62.6 Å². The summed E-state index contributed by atoms with van der Waals surface area (Å²) in [5.74, 6) is 2.29. The van der Waals surface area contributed by atoms with Crippen LogP contribution in [0.3, 0.4) is 0 Å². The smallest absolute Gasteiger partial charge is 0.252 e.